The summed E-state index contributed by atoms with van der Waals surface area (Å²) in [5, 5.41) is 0. The minimum absolute atomic E-state index is 0.0346. The zero-order valence-corrected chi connectivity index (χ0v) is 18.1. The van der Waals surface area contributed by atoms with Crippen molar-refractivity contribution >= 4 is 11.8 Å². The number of hydrogen-bond acceptors (Lipinski definition) is 2. The quantitative estimate of drug-likeness (QED) is 0.639. The number of rotatable bonds is 3. The number of piperazine rings is 1. The van der Waals surface area contributed by atoms with Crippen LogP contribution in [0.25, 0.3) is 16.9 Å². The molecule has 0 unspecified atom stereocenters. The van der Waals surface area contributed by atoms with Gasteiger partial charge in [0.05, 0.1) is 11.3 Å². The summed E-state index contributed by atoms with van der Waals surface area (Å²) in [4.78, 5) is 28.5. The minimum atomic E-state index is -0.298. The fourth-order valence-electron chi connectivity index (χ4n) is 4.08. The highest BCUT2D eigenvalue weighted by Gasteiger charge is 2.27. The highest BCUT2D eigenvalue weighted by molar-refractivity contribution is 5.97. The summed E-state index contributed by atoms with van der Waals surface area (Å²) in [5.74, 6) is -0.309. The minimum Gasteiger partial charge on any atom is -0.339 e. The Morgan fingerprint density at radius 2 is 1.42 bits per heavy atom. The van der Waals surface area contributed by atoms with Crippen molar-refractivity contribution in [2.75, 3.05) is 26.2 Å². The van der Waals surface area contributed by atoms with Crippen molar-refractivity contribution in [1.82, 2.24) is 14.4 Å². The number of hydrogen-bond donors (Lipinski definition) is 0. The molecule has 0 radical (unpaired) electrons. The Bertz CT molecular complexity index is 1110. The molecule has 5 nitrogen and oxygen atoms in total. The lowest BCUT2D eigenvalue weighted by molar-refractivity contribution is -0.130. The fourth-order valence-corrected chi connectivity index (χ4v) is 4.08. The number of carbonyl (C=O) groups excluding carboxylic acids is 2. The third kappa shape index (κ3) is 4.10. The summed E-state index contributed by atoms with van der Waals surface area (Å²) in [6, 6.07) is 16.3. The van der Waals surface area contributed by atoms with Crippen molar-refractivity contribution in [3.63, 3.8) is 0 Å². The van der Waals surface area contributed by atoms with E-state index in [1.165, 1.54) is 12.1 Å². The number of nitrogens with zero attached hydrogens (tertiary/aromatic N) is 3. The number of aryl methyl sites for hydroxylation is 1. The summed E-state index contributed by atoms with van der Waals surface area (Å²) < 4.78 is 15.6. The first-order valence-corrected chi connectivity index (χ1v) is 10.5. The standard InChI is InChI=1S/C25H26FN3O2/c1-17-4-10-22(11-5-17)29-18(2)23(16-24(29)20-6-8-21(26)9-7-20)25(31)28-14-12-27(13-15-28)19(3)30/h4-11,16H,12-15H2,1-3H3. The zero-order chi connectivity index (χ0) is 22.1. The van der Waals surface area contributed by atoms with Crippen LogP contribution in [0, 0.1) is 19.7 Å². The molecule has 1 aliphatic rings. The lowest BCUT2D eigenvalue weighted by Gasteiger charge is -2.34. The third-order valence-electron chi connectivity index (χ3n) is 5.92. The van der Waals surface area contributed by atoms with Crippen LogP contribution in [-0.2, 0) is 4.79 Å². The Morgan fingerprint density at radius 3 is 2.00 bits per heavy atom. The SMILES string of the molecule is CC(=O)N1CCN(C(=O)c2cc(-c3ccc(F)cc3)n(-c3ccc(C)cc3)c2C)CC1. The molecule has 0 saturated carbocycles. The summed E-state index contributed by atoms with van der Waals surface area (Å²) >= 11 is 0. The van der Waals surface area contributed by atoms with Gasteiger partial charge in [0.15, 0.2) is 0 Å². The topological polar surface area (TPSA) is 45.6 Å². The van der Waals surface area contributed by atoms with Crippen LogP contribution in [0.15, 0.2) is 54.6 Å². The van der Waals surface area contributed by atoms with Crippen LogP contribution in [0.2, 0.25) is 0 Å². The number of aromatic nitrogens is 1. The molecule has 0 aliphatic carbocycles. The zero-order valence-electron chi connectivity index (χ0n) is 18.1. The van der Waals surface area contributed by atoms with Gasteiger partial charge < -0.3 is 14.4 Å². The number of carbonyl (C=O) groups is 2. The fraction of sp³-hybridized carbons (Fsp3) is 0.280. The van der Waals surface area contributed by atoms with Crippen LogP contribution < -0.4 is 0 Å². The van der Waals surface area contributed by atoms with E-state index >= 15 is 0 Å². The van der Waals surface area contributed by atoms with Crippen LogP contribution in [0.1, 0.15) is 28.5 Å². The summed E-state index contributed by atoms with van der Waals surface area (Å²) in [6.45, 7) is 7.64. The van der Waals surface area contributed by atoms with Gasteiger partial charge in [-0.15, -0.1) is 0 Å². The Kier molecular flexibility index (Phi) is 5.63. The van der Waals surface area contributed by atoms with Crippen molar-refractivity contribution in [2.24, 2.45) is 0 Å². The summed E-state index contributed by atoms with van der Waals surface area (Å²) in [6.07, 6.45) is 0. The second-order valence-electron chi connectivity index (χ2n) is 8.00. The van der Waals surface area contributed by atoms with E-state index in [-0.39, 0.29) is 17.6 Å². The predicted octanol–water partition coefficient (Wildman–Crippen LogP) is 4.20. The molecule has 160 valence electrons. The average molecular weight is 420 g/mol. The molecule has 0 atom stereocenters. The maximum absolute atomic E-state index is 13.5. The molecule has 0 bridgehead atoms. The molecular formula is C25H26FN3O2. The van der Waals surface area contributed by atoms with Gasteiger partial charge in [0.25, 0.3) is 5.91 Å². The molecule has 1 saturated heterocycles. The highest BCUT2D eigenvalue weighted by Crippen LogP contribution is 2.31. The lowest BCUT2D eigenvalue weighted by Crippen LogP contribution is -2.50. The van der Waals surface area contributed by atoms with Crippen LogP contribution >= 0.6 is 0 Å². The largest absolute Gasteiger partial charge is 0.339 e. The van der Waals surface area contributed by atoms with Crippen LogP contribution in [0.3, 0.4) is 0 Å². The Labute approximate surface area is 181 Å². The maximum atomic E-state index is 13.5. The summed E-state index contributed by atoms with van der Waals surface area (Å²) in [5.41, 5.74) is 5.23. The van der Waals surface area contributed by atoms with Crippen molar-refractivity contribution in [1.29, 1.82) is 0 Å². The van der Waals surface area contributed by atoms with E-state index in [2.05, 4.69) is 0 Å². The first-order chi connectivity index (χ1) is 14.8. The van der Waals surface area contributed by atoms with Gasteiger partial charge in [-0.25, -0.2) is 4.39 Å². The Hall–Kier alpha value is -3.41. The van der Waals surface area contributed by atoms with Crippen molar-refractivity contribution in [3.05, 3.63) is 77.2 Å². The molecule has 2 aromatic carbocycles. The summed E-state index contributed by atoms with van der Waals surface area (Å²) in [7, 11) is 0. The predicted molar refractivity (Wildman–Crippen MR) is 119 cm³/mol. The monoisotopic (exact) mass is 419 g/mol. The van der Waals surface area contributed by atoms with Gasteiger partial charge in [-0.2, -0.15) is 0 Å². The first kappa shape index (κ1) is 20.8. The van der Waals surface area contributed by atoms with Crippen LogP contribution in [-0.4, -0.2) is 52.4 Å². The number of benzene rings is 2. The molecule has 2 heterocycles. The maximum Gasteiger partial charge on any atom is 0.255 e. The normalized spacial score (nSPS) is 14.1. The second kappa shape index (κ2) is 8.38. The van der Waals surface area contributed by atoms with Gasteiger partial charge in [0.1, 0.15) is 5.82 Å². The molecule has 1 aliphatic heterocycles. The van der Waals surface area contributed by atoms with Gasteiger partial charge in [-0.3, -0.25) is 9.59 Å². The molecule has 1 fully saturated rings. The molecular weight excluding hydrogens is 393 g/mol. The number of amides is 2. The van der Waals surface area contributed by atoms with Gasteiger partial charge >= 0.3 is 0 Å². The van der Waals surface area contributed by atoms with E-state index < -0.39 is 0 Å². The Balaban J connectivity index is 1.74. The van der Waals surface area contributed by atoms with E-state index in [1.807, 2.05) is 48.7 Å². The van der Waals surface area contributed by atoms with Gasteiger partial charge in [0.2, 0.25) is 5.91 Å². The molecule has 0 spiro atoms. The van der Waals surface area contributed by atoms with Gasteiger partial charge in [0, 0.05) is 44.5 Å². The smallest absolute Gasteiger partial charge is 0.255 e. The molecule has 31 heavy (non-hydrogen) atoms. The van der Waals surface area contributed by atoms with E-state index in [4.69, 9.17) is 0 Å². The second-order valence-corrected chi connectivity index (χ2v) is 8.00. The molecule has 3 aromatic rings. The average Bonchev–Trinajstić information content (AvgIpc) is 3.11. The van der Waals surface area contributed by atoms with Crippen LogP contribution in [0.4, 0.5) is 4.39 Å². The van der Waals surface area contributed by atoms with E-state index in [9.17, 15) is 14.0 Å². The van der Waals surface area contributed by atoms with E-state index in [0.717, 1.165) is 28.2 Å². The first-order valence-electron chi connectivity index (χ1n) is 10.5. The van der Waals surface area contributed by atoms with Crippen molar-refractivity contribution in [3.8, 4) is 16.9 Å². The third-order valence-corrected chi connectivity index (χ3v) is 5.92. The van der Waals surface area contributed by atoms with Crippen molar-refractivity contribution in [2.45, 2.75) is 20.8 Å². The Morgan fingerprint density at radius 1 is 0.839 bits per heavy atom. The van der Waals surface area contributed by atoms with Crippen molar-refractivity contribution < 1.29 is 14.0 Å². The highest BCUT2D eigenvalue weighted by atomic mass is 19.1. The van der Waals surface area contributed by atoms with Gasteiger partial charge in [-0.1, -0.05) is 17.7 Å². The van der Waals surface area contributed by atoms with E-state index in [0.29, 0.717) is 31.7 Å². The number of halogens is 1. The molecule has 0 N–H and O–H groups in total. The lowest BCUT2D eigenvalue weighted by atomic mass is 10.1. The molecule has 2 amide bonds. The molecule has 1 aromatic heterocycles. The van der Waals surface area contributed by atoms with Crippen LogP contribution in [0.5, 0.6) is 0 Å². The molecule has 6 heteroatoms. The molecule has 4 rings (SSSR count). The van der Waals surface area contributed by atoms with E-state index in [1.54, 1.807) is 28.9 Å². The van der Waals surface area contributed by atoms with Gasteiger partial charge in [-0.05, 0) is 61.9 Å².